The first-order valence-electron chi connectivity index (χ1n) is 8.61. The van der Waals surface area contributed by atoms with Gasteiger partial charge in [0.15, 0.2) is 0 Å². The van der Waals surface area contributed by atoms with Gasteiger partial charge in [-0.3, -0.25) is 9.80 Å². The molecule has 1 N–H and O–H groups in total. The number of β-amino-alcohol motifs (C(OH)–C–C–N with tert-alkyl or cyclic N) is 1. The first-order chi connectivity index (χ1) is 9.42. The lowest BCUT2D eigenvalue weighted by Crippen LogP contribution is -2.53. The summed E-state index contributed by atoms with van der Waals surface area (Å²) >= 11 is 0. The molecule has 0 aromatic rings. The summed E-state index contributed by atoms with van der Waals surface area (Å²) in [5, 5.41) is 10.9. The first-order valence-corrected chi connectivity index (χ1v) is 8.61. The third kappa shape index (κ3) is 2.77. The maximum absolute atomic E-state index is 10.9. The molecule has 0 radical (unpaired) electrons. The van der Waals surface area contributed by atoms with Crippen LogP contribution in [0, 0.1) is 11.8 Å². The van der Waals surface area contributed by atoms with Gasteiger partial charge in [-0.25, -0.2) is 0 Å². The van der Waals surface area contributed by atoms with Crippen molar-refractivity contribution in [2.45, 2.75) is 64.0 Å². The van der Waals surface area contributed by atoms with Crippen LogP contribution < -0.4 is 0 Å². The zero-order valence-electron chi connectivity index (χ0n) is 13.6. The van der Waals surface area contributed by atoms with Crippen LogP contribution in [-0.4, -0.2) is 58.8 Å². The van der Waals surface area contributed by atoms with Crippen molar-refractivity contribution in [2.75, 3.05) is 32.7 Å². The Morgan fingerprint density at radius 1 is 1.15 bits per heavy atom. The minimum atomic E-state index is -0.391. The number of nitrogens with zero attached hydrogens (tertiary/aromatic N) is 2. The summed E-state index contributed by atoms with van der Waals surface area (Å²) < 4.78 is 0. The van der Waals surface area contributed by atoms with Crippen LogP contribution in [0.15, 0.2) is 0 Å². The highest BCUT2D eigenvalue weighted by atomic mass is 16.3. The molecular weight excluding hydrogens is 248 g/mol. The van der Waals surface area contributed by atoms with Gasteiger partial charge in [-0.15, -0.1) is 0 Å². The number of hydrogen-bond donors (Lipinski definition) is 1. The van der Waals surface area contributed by atoms with E-state index in [0.717, 1.165) is 19.6 Å². The lowest BCUT2D eigenvalue weighted by molar-refractivity contribution is -0.00835. The second kappa shape index (κ2) is 5.26. The predicted molar refractivity (Wildman–Crippen MR) is 82.8 cm³/mol. The number of aliphatic hydroxyl groups is 1. The monoisotopic (exact) mass is 280 g/mol. The van der Waals surface area contributed by atoms with Crippen molar-refractivity contribution in [1.82, 2.24) is 9.80 Å². The molecule has 2 heterocycles. The summed E-state index contributed by atoms with van der Waals surface area (Å²) in [7, 11) is 0. The van der Waals surface area contributed by atoms with Crippen molar-refractivity contribution in [3.63, 3.8) is 0 Å². The van der Waals surface area contributed by atoms with Crippen molar-refractivity contribution >= 4 is 0 Å². The largest absolute Gasteiger partial charge is 0.388 e. The van der Waals surface area contributed by atoms with Gasteiger partial charge in [0.1, 0.15) is 0 Å². The zero-order chi connectivity index (χ0) is 14.4. The van der Waals surface area contributed by atoms with Gasteiger partial charge in [0.05, 0.1) is 5.60 Å². The predicted octanol–water partition coefficient (Wildman–Crippen LogP) is 2.34. The van der Waals surface area contributed by atoms with Crippen molar-refractivity contribution in [3.05, 3.63) is 0 Å². The van der Waals surface area contributed by atoms with Crippen molar-refractivity contribution in [3.8, 4) is 0 Å². The standard InChI is InChI=1S/C17H32N2O/c1-14-11-18(13-17(14,20)15-7-8-15)12-16(2,3)19-9-5-4-6-10-19/h14-15,20H,4-13H2,1-3H3/t14-,17+/m1/s1. The van der Waals surface area contributed by atoms with Gasteiger partial charge < -0.3 is 5.11 Å². The van der Waals surface area contributed by atoms with Crippen LogP contribution in [0.4, 0.5) is 0 Å². The van der Waals surface area contributed by atoms with Crippen LogP contribution >= 0.6 is 0 Å². The maximum Gasteiger partial charge on any atom is 0.0839 e. The quantitative estimate of drug-likeness (QED) is 0.856. The number of rotatable bonds is 4. The van der Waals surface area contributed by atoms with Gasteiger partial charge in [-0.1, -0.05) is 13.3 Å². The maximum atomic E-state index is 10.9. The Bertz CT molecular complexity index is 347. The van der Waals surface area contributed by atoms with Crippen LogP contribution in [0.2, 0.25) is 0 Å². The molecule has 1 saturated carbocycles. The zero-order valence-corrected chi connectivity index (χ0v) is 13.6. The van der Waals surface area contributed by atoms with Crippen LogP contribution in [-0.2, 0) is 0 Å². The minimum Gasteiger partial charge on any atom is -0.388 e. The summed E-state index contributed by atoms with van der Waals surface area (Å²) in [6.07, 6.45) is 6.58. The average Bonchev–Trinajstić information content (AvgIpc) is 3.20. The van der Waals surface area contributed by atoms with Crippen LogP contribution in [0.1, 0.15) is 52.9 Å². The molecule has 0 amide bonds. The Labute approximate surface area is 124 Å². The Hall–Kier alpha value is -0.120. The molecule has 2 aliphatic heterocycles. The second-order valence-electron chi connectivity index (χ2n) is 8.20. The Kier molecular flexibility index (Phi) is 3.89. The van der Waals surface area contributed by atoms with Gasteiger partial charge in [0.25, 0.3) is 0 Å². The molecule has 2 atom stereocenters. The average molecular weight is 280 g/mol. The summed E-state index contributed by atoms with van der Waals surface area (Å²) in [6.45, 7) is 12.6. The molecular formula is C17H32N2O. The highest BCUT2D eigenvalue weighted by Gasteiger charge is 2.52. The Balaban J connectivity index is 1.60. The van der Waals surface area contributed by atoms with Gasteiger partial charge in [-0.2, -0.15) is 0 Å². The highest BCUT2D eigenvalue weighted by Crippen LogP contribution is 2.47. The van der Waals surface area contributed by atoms with Crippen molar-refractivity contribution in [2.24, 2.45) is 11.8 Å². The van der Waals surface area contributed by atoms with Crippen LogP contribution in [0.5, 0.6) is 0 Å². The van der Waals surface area contributed by atoms with Gasteiger partial charge >= 0.3 is 0 Å². The van der Waals surface area contributed by atoms with E-state index >= 15 is 0 Å². The van der Waals surface area contributed by atoms with E-state index in [1.165, 1.54) is 45.2 Å². The molecule has 3 nitrogen and oxygen atoms in total. The van der Waals surface area contributed by atoms with E-state index < -0.39 is 5.60 Å². The van der Waals surface area contributed by atoms with Crippen molar-refractivity contribution < 1.29 is 5.11 Å². The second-order valence-corrected chi connectivity index (χ2v) is 8.20. The fourth-order valence-electron chi connectivity index (χ4n) is 4.51. The number of piperidine rings is 1. The summed E-state index contributed by atoms with van der Waals surface area (Å²) in [6, 6.07) is 0. The SMILES string of the molecule is C[C@@H]1CN(CC(C)(C)N2CCCCC2)C[C@@]1(O)C1CC1. The molecule has 3 heteroatoms. The Morgan fingerprint density at radius 2 is 1.80 bits per heavy atom. The molecule has 20 heavy (non-hydrogen) atoms. The smallest absolute Gasteiger partial charge is 0.0839 e. The molecule has 0 aromatic carbocycles. The van der Waals surface area contributed by atoms with Gasteiger partial charge in [-0.05, 0) is 64.5 Å². The molecule has 0 bridgehead atoms. The van der Waals surface area contributed by atoms with Crippen LogP contribution in [0.25, 0.3) is 0 Å². The van der Waals surface area contributed by atoms with Crippen LogP contribution in [0.3, 0.4) is 0 Å². The summed E-state index contributed by atoms with van der Waals surface area (Å²) in [4.78, 5) is 5.19. The molecule has 0 spiro atoms. The van der Waals surface area contributed by atoms with E-state index in [2.05, 4.69) is 30.6 Å². The Morgan fingerprint density at radius 3 is 2.40 bits per heavy atom. The fourth-order valence-corrected chi connectivity index (χ4v) is 4.51. The summed E-state index contributed by atoms with van der Waals surface area (Å²) in [5.74, 6) is 1.02. The van der Waals surface area contributed by atoms with Gasteiger partial charge in [0, 0.05) is 25.2 Å². The van der Waals surface area contributed by atoms with E-state index in [1.54, 1.807) is 0 Å². The lowest BCUT2D eigenvalue weighted by Gasteiger charge is -2.43. The van der Waals surface area contributed by atoms with E-state index in [-0.39, 0.29) is 5.54 Å². The van der Waals surface area contributed by atoms with Crippen molar-refractivity contribution in [1.29, 1.82) is 0 Å². The third-order valence-electron chi connectivity index (χ3n) is 5.97. The van der Waals surface area contributed by atoms with E-state index in [4.69, 9.17) is 0 Å². The fraction of sp³-hybridized carbons (Fsp3) is 1.00. The van der Waals surface area contributed by atoms with Gasteiger partial charge in [0.2, 0.25) is 0 Å². The molecule has 3 fully saturated rings. The molecule has 0 aromatic heterocycles. The lowest BCUT2D eigenvalue weighted by atomic mass is 9.88. The first kappa shape index (κ1) is 14.8. The third-order valence-corrected chi connectivity index (χ3v) is 5.97. The molecule has 3 aliphatic rings. The summed E-state index contributed by atoms with van der Waals surface area (Å²) in [5.41, 5.74) is -0.146. The van der Waals surface area contributed by atoms with E-state index in [0.29, 0.717) is 11.8 Å². The topological polar surface area (TPSA) is 26.7 Å². The molecule has 2 saturated heterocycles. The van der Waals surface area contributed by atoms with E-state index in [9.17, 15) is 5.11 Å². The van der Waals surface area contributed by atoms with E-state index in [1.807, 2.05) is 0 Å². The number of likely N-dealkylation sites (tertiary alicyclic amines) is 2. The molecule has 116 valence electrons. The molecule has 3 rings (SSSR count). The number of hydrogen-bond acceptors (Lipinski definition) is 3. The molecule has 0 unspecified atom stereocenters. The molecule has 1 aliphatic carbocycles. The normalized spacial score (nSPS) is 37.5. The highest BCUT2D eigenvalue weighted by molar-refractivity contribution is 5.05. The minimum absolute atomic E-state index is 0.245.